The number of rotatable bonds is 2. The lowest BCUT2D eigenvalue weighted by Gasteiger charge is -2.03. The fourth-order valence-corrected chi connectivity index (χ4v) is 0.601. The molecule has 0 bridgehead atoms. The third-order valence-electron chi connectivity index (χ3n) is 0.946. The lowest BCUT2D eigenvalue weighted by atomic mass is 10.6. The van der Waals surface area contributed by atoms with E-state index in [1.165, 1.54) is 17.1 Å². The zero-order valence-electron chi connectivity index (χ0n) is 5.01. The van der Waals surface area contributed by atoms with Crippen LogP contribution in [0.3, 0.4) is 0 Å². The number of hydrogen-bond acceptors (Lipinski definition) is 4. The van der Waals surface area contributed by atoms with Crippen molar-refractivity contribution in [2.75, 3.05) is 0 Å². The van der Waals surface area contributed by atoms with Crippen LogP contribution in [0.5, 0.6) is 0 Å². The van der Waals surface area contributed by atoms with Crippen LogP contribution in [0.25, 0.3) is 0 Å². The van der Waals surface area contributed by atoms with E-state index >= 15 is 0 Å². The highest BCUT2D eigenvalue weighted by Crippen LogP contribution is 2.05. The van der Waals surface area contributed by atoms with Crippen LogP contribution in [0.15, 0.2) is 12.4 Å². The highest BCUT2D eigenvalue weighted by Gasteiger charge is 2.10. The topological polar surface area (TPSA) is 73.8 Å². The summed E-state index contributed by atoms with van der Waals surface area (Å²) in [7, 11) is 0. The van der Waals surface area contributed by atoms with E-state index in [1.807, 2.05) is 0 Å². The summed E-state index contributed by atoms with van der Waals surface area (Å²) in [5.74, 6) is -0.547. The quantitative estimate of drug-likeness (QED) is 0.553. The van der Waals surface area contributed by atoms with Gasteiger partial charge >= 0.3 is 0 Å². The molecule has 1 aromatic rings. The van der Waals surface area contributed by atoms with Gasteiger partial charge in [0.1, 0.15) is 0 Å². The molecule has 1 heterocycles. The molecule has 1 aromatic heterocycles. The number of carbonyl (C=O) groups excluding carboxylic acids is 1. The van der Waals surface area contributed by atoms with Crippen LogP contribution in [-0.2, 0) is 4.79 Å². The number of thiol groups is 1. The van der Waals surface area contributed by atoms with Crippen molar-refractivity contribution in [1.82, 2.24) is 15.0 Å². The Morgan fingerprint density at radius 2 is 2.50 bits per heavy atom. The van der Waals surface area contributed by atoms with Gasteiger partial charge in [-0.3, -0.25) is 4.79 Å². The molecule has 0 fully saturated rings. The van der Waals surface area contributed by atoms with Crippen molar-refractivity contribution in [1.29, 1.82) is 0 Å². The van der Waals surface area contributed by atoms with Crippen LogP contribution >= 0.6 is 12.6 Å². The minimum Gasteiger partial charge on any atom is -0.367 e. The van der Waals surface area contributed by atoms with Crippen molar-refractivity contribution < 1.29 is 4.79 Å². The van der Waals surface area contributed by atoms with Crippen LogP contribution in [0.2, 0.25) is 0 Å². The Kier molecular flexibility index (Phi) is 1.91. The fourth-order valence-electron chi connectivity index (χ4n) is 0.478. The molecule has 0 aliphatic rings. The number of amides is 1. The summed E-state index contributed by atoms with van der Waals surface area (Å²) in [6.07, 6.45) is 2.97. The van der Waals surface area contributed by atoms with E-state index in [4.69, 9.17) is 5.73 Å². The van der Waals surface area contributed by atoms with Crippen molar-refractivity contribution >= 4 is 18.5 Å². The number of nitrogens with two attached hydrogens (primary N) is 1. The average Bonchev–Trinajstić information content (AvgIpc) is 2.36. The molecule has 0 aromatic carbocycles. The molecule has 1 amide bonds. The normalized spacial score (nSPS) is 12.9. The first-order valence-corrected chi connectivity index (χ1v) is 3.06. The summed E-state index contributed by atoms with van der Waals surface area (Å²) < 4.78 is 1.27. The van der Waals surface area contributed by atoms with Gasteiger partial charge in [0.15, 0.2) is 5.37 Å². The maximum absolute atomic E-state index is 10.5. The second-order valence-corrected chi connectivity index (χ2v) is 2.15. The fraction of sp³-hybridized carbons (Fsp3) is 0.250. The molecule has 10 heavy (non-hydrogen) atoms. The average molecular weight is 158 g/mol. The number of hydrogen-bond donors (Lipinski definition) is 2. The van der Waals surface area contributed by atoms with Gasteiger partial charge in [0.25, 0.3) is 5.91 Å². The van der Waals surface area contributed by atoms with Crippen LogP contribution in [0.1, 0.15) is 5.37 Å². The summed E-state index contributed by atoms with van der Waals surface area (Å²) in [5, 5.41) is 6.29. The zero-order chi connectivity index (χ0) is 7.56. The Morgan fingerprint density at radius 1 is 1.80 bits per heavy atom. The van der Waals surface area contributed by atoms with Gasteiger partial charge in [-0.05, 0) is 0 Å². The molecule has 0 spiro atoms. The molecule has 2 N–H and O–H groups in total. The third-order valence-corrected chi connectivity index (χ3v) is 1.44. The predicted octanol–water partition coefficient (Wildman–Crippen LogP) is -0.808. The van der Waals surface area contributed by atoms with Gasteiger partial charge in [-0.1, -0.05) is 5.21 Å². The summed E-state index contributed by atoms with van der Waals surface area (Å²) in [5.41, 5.74) is 4.92. The lowest BCUT2D eigenvalue weighted by molar-refractivity contribution is -0.119. The van der Waals surface area contributed by atoms with Gasteiger partial charge in [-0.2, -0.15) is 0 Å². The van der Waals surface area contributed by atoms with E-state index in [0.29, 0.717) is 0 Å². The molecular weight excluding hydrogens is 152 g/mol. The molecule has 0 aliphatic carbocycles. The highest BCUT2D eigenvalue weighted by molar-refractivity contribution is 7.81. The smallest absolute Gasteiger partial charge is 0.252 e. The second-order valence-electron chi connectivity index (χ2n) is 1.66. The molecule has 1 unspecified atom stereocenters. The highest BCUT2D eigenvalue weighted by atomic mass is 32.1. The van der Waals surface area contributed by atoms with E-state index in [9.17, 15) is 4.79 Å². The molecule has 0 saturated carbocycles. The van der Waals surface area contributed by atoms with E-state index < -0.39 is 11.3 Å². The SMILES string of the molecule is NC(=O)C(S)n1ccnn1. The maximum atomic E-state index is 10.5. The predicted molar refractivity (Wildman–Crippen MR) is 37.2 cm³/mol. The van der Waals surface area contributed by atoms with Crippen LogP contribution in [0, 0.1) is 0 Å². The first-order valence-electron chi connectivity index (χ1n) is 2.55. The minimum absolute atomic E-state index is 0.547. The molecule has 0 aliphatic heterocycles. The van der Waals surface area contributed by atoms with Crippen LogP contribution in [-0.4, -0.2) is 20.9 Å². The van der Waals surface area contributed by atoms with Crippen LogP contribution < -0.4 is 5.73 Å². The third kappa shape index (κ3) is 1.27. The first kappa shape index (κ1) is 7.07. The van der Waals surface area contributed by atoms with Crippen molar-refractivity contribution in [3.8, 4) is 0 Å². The largest absolute Gasteiger partial charge is 0.367 e. The summed E-state index contributed by atoms with van der Waals surface area (Å²) >= 11 is 3.87. The number of primary amides is 1. The van der Waals surface area contributed by atoms with Crippen molar-refractivity contribution in [2.24, 2.45) is 5.73 Å². The van der Waals surface area contributed by atoms with E-state index in [1.54, 1.807) is 0 Å². The molecule has 1 rings (SSSR count). The molecule has 0 radical (unpaired) electrons. The van der Waals surface area contributed by atoms with Gasteiger partial charge in [0.05, 0.1) is 6.20 Å². The molecule has 5 nitrogen and oxygen atoms in total. The lowest BCUT2D eigenvalue weighted by Crippen LogP contribution is -2.22. The molecular formula is C4H6N4OS. The Hall–Kier alpha value is -1.04. The number of nitrogens with zero attached hydrogens (tertiary/aromatic N) is 3. The zero-order valence-corrected chi connectivity index (χ0v) is 5.90. The van der Waals surface area contributed by atoms with E-state index in [0.717, 1.165) is 0 Å². The van der Waals surface area contributed by atoms with Crippen molar-refractivity contribution in [3.05, 3.63) is 12.4 Å². The van der Waals surface area contributed by atoms with Gasteiger partial charge < -0.3 is 5.73 Å². The monoisotopic (exact) mass is 158 g/mol. The van der Waals surface area contributed by atoms with Gasteiger partial charge in [-0.25, -0.2) is 4.68 Å². The molecule has 0 saturated heterocycles. The number of carbonyl (C=O) groups is 1. The van der Waals surface area contributed by atoms with Crippen molar-refractivity contribution in [3.63, 3.8) is 0 Å². The summed E-state index contributed by atoms with van der Waals surface area (Å²) in [6.45, 7) is 0. The summed E-state index contributed by atoms with van der Waals surface area (Å²) in [4.78, 5) is 10.5. The Morgan fingerprint density at radius 3 is 2.90 bits per heavy atom. The second kappa shape index (κ2) is 2.70. The maximum Gasteiger partial charge on any atom is 0.252 e. The van der Waals surface area contributed by atoms with Gasteiger partial charge in [0.2, 0.25) is 0 Å². The first-order chi connectivity index (χ1) is 4.72. The van der Waals surface area contributed by atoms with Crippen LogP contribution in [0.4, 0.5) is 0 Å². The van der Waals surface area contributed by atoms with E-state index in [-0.39, 0.29) is 0 Å². The Balaban J connectivity index is 2.77. The molecule has 1 atom stereocenters. The molecule has 6 heteroatoms. The number of aromatic nitrogens is 3. The van der Waals surface area contributed by atoms with Gasteiger partial charge in [0, 0.05) is 6.20 Å². The Labute approximate surface area is 62.6 Å². The van der Waals surface area contributed by atoms with E-state index in [2.05, 4.69) is 22.9 Å². The minimum atomic E-state index is -0.720. The summed E-state index contributed by atoms with van der Waals surface area (Å²) in [6, 6.07) is 0. The van der Waals surface area contributed by atoms with Gasteiger partial charge in [-0.15, -0.1) is 17.7 Å². The molecule has 54 valence electrons. The van der Waals surface area contributed by atoms with Crippen molar-refractivity contribution in [2.45, 2.75) is 5.37 Å². The Bertz CT molecular complexity index is 221. The standard InChI is InChI=1S/C4H6N4OS/c5-3(9)4(10)8-2-1-6-7-8/h1-2,4,10H,(H2,5,9).